The molecule has 3 nitrogen and oxygen atoms in total. The van der Waals surface area contributed by atoms with Crippen LogP contribution in [-0.4, -0.2) is 21.9 Å². The smallest absolute Gasteiger partial charge is 0.303 e. The number of aliphatic carboxylic acids is 1. The first-order chi connectivity index (χ1) is 9.08. The molecule has 1 aromatic rings. The molecule has 0 saturated carbocycles. The van der Waals surface area contributed by atoms with Gasteiger partial charge in [-0.05, 0) is 24.1 Å². The molecule has 0 heterocycles. The second-order valence-electron chi connectivity index (χ2n) is 3.99. The number of rotatable bonds is 5. The van der Waals surface area contributed by atoms with Crippen LogP contribution in [0.1, 0.15) is 30.9 Å². The summed E-state index contributed by atoms with van der Waals surface area (Å²) in [5, 5.41) is 8.74. The molecule has 0 fully saturated rings. The van der Waals surface area contributed by atoms with Gasteiger partial charge in [0.15, 0.2) is 5.12 Å². The zero-order chi connectivity index (χ0) is 14.1. The highest BCUT2D eigenvalue weighted by atomic mass is 32.2. The second kappa shape index (κ2) is 8.39. The highest BCUT2D eigenvalue weighted by Gasteiger charge is 1.99. The van der Waals surface area contributed by atoms with Crippen LogP contribution >= 0.6 is 11.8 Å². The van der Waals surface area contributed by atoms with Gasteiger partial charge in [0.25, 0.3) is 0 Å². The Morgan fingerprint density at radius 2 is 2.16 bits per heavy atom. The molecule has 0 amide bonds. The Hall–Kier alpha value is -1.73. The van der Waals surface area contributed by atoms with Crippen molar-refractivity contribution in [2.75, 3.05) is 5.75 Å². The van der Waals surface area contributed by atoms with Gasteiger partial charge in [-0.3, -0.25) is 9.59 Å². The summed E-state index contributed by atoms with van der Waals surface area (Å²) in [6.07, 6.45) is 1.32. The fraction of sp³-hybridized carbons (Fsp3) is 0.333. The lowest BCUT2D eigenvalue weighted by Gasteiger charge is -1.99. The van der Waals surface area contributed by atoms with Crippen LogP contribution in [0, 0.1) is 11.8 Å². The molecule has 4 heteroatoms. The van der Waals surface area contributed by atoms with Crippen molar-refractivity contribution in [3.05, 3.63) is 35.4 Å². The number of hydrogen-bond acceptors (Lipinski definition) is 3. The number of hydrogen-bond donors (Lipinski definition) is 1. The molecule has 0 saturated heterocycles. The number of carbonyl (C=O) groups is 2. The SMILES string of the molecule is CC(=O)SCCC#Cc1cccc(CCC(=O)O)c1. The Labute approximate surface area is 117 Å². The summed E-state index contributed by atoms with van der Waals surface area (Å²) >= 11 is 1.27. The van der Waals surface area contributed by atoms with Crippen molar-refractivity contribution in [1.29, 1.82) is 0 Å². The number of carboxylic acids is 1. The van der Waals surface area contributed by atoms with E-state index in [-0.39, 0.29) is 11.5 Å². The molecule has 1 N–H and O–H groups in total. The van der Waals surface area contributed by atoms with Gasteiger partial charge >= 0.3 is 5.97 Å². The van der Waals surface area contributed by atoms with Crippen molar-refractivity contribution in [2.45, 2.75) is 26.2 Å². The molecule has 19 heavy (non-hydrogen) atoms. The average Bonchev–Trinajstić information content (AvgIpc) is 2.36. The van der Waals surface area contributed by atoms with E-state index in [0.29, 0.717) is 18.6 Å². The summed E-state index contributed by atoms with van der Waals surface area (Å²) in [5.74, 6) is 5.95. The van der Waals surface area contributed by atoms with E-state index in [4.69, 9.17) is 5.11 Å². The highest BCUT2D eigenvalue weighted by Crippen LogP contribution is 2.07. The van der Waals surface area contributed by atoms with Gasteiger partial charge in [-0.2, -0.15) is 0 Å². The summed E-state index contributed by atoms with van der Waals surface area (Å²) in [7, 11) is 0. The van der Waals surface area contributed by atoms with Gasteiger partial charge < -0.3 is 5.11 Å². The van der Waals surface area contributed by atoms with E-state index in [1.807, 2.05) is 24.3 Å². The summed E-state index contributed by atoms with van der Waals surface area (Å²) in [6, 6.07) is 7.59. The molecule has 1 rings (SSSR count). The third-order valence-corrected chi connectivity index (χ3v) is 3.13. The van der Waals surface area contributed by atoms with Crippen LogP contribution in [0.15, 0.2) is 24.3 Å². The number of carbonyl (C=O) groups excluding carboxylic acids is 1. The van der Waals surface area contributed by atoms with E-state index >= 15 is 0 Å². The predicted octanol–water partition coefficient (Wildman–Crippen LogP) is 2.73. The first-order valence-electron chi connectivity index (χ1n) is 6.01. The van der Waals surface area contributed by atoms with E-state index in [2.05, 4.69) is 11.8 Å². The van der Waals surface area contributed by atoms with Crippen molar-refractivity contribution in [3.8, 4) is 11.8 Å². The minimum absolute atomic E-state index is 0.109. The van der Waals surface area contributed by atoms with Crippen LogP contribution < -0.4 is 0 Å². The maximum Gasteiger partial charge on any atom is 0.303 e. The van der Waals surface area contributed by atoms with Crippen LogP contribution in [0.25, 0.3) is 0 Å². The average molecular weight is 276 g/mol. The normalized spacial score (nSPS) is 9.53. The fourth-order valence-corrected chi connectivity index (χ4v) is 1.96. The summed E-state index contributed by atoms with van der Waals surface area (Å²) in [5.41, 5.74) is 1.86. The Balaban J connectivity index is 2.50. The fourth-order valence-electron chi connectivity index (χ4n) is 1.47. The molecule has 0 aliphatic carbocycles. The van der Waals surface area contributed by atoms with Crippen molar-refractivity contribution in [3.63, 3.8) is 0 Å². The van der Waals surface area contributed by atoms with E-state index < -0.39 is 5.97 Å². The molecular weight excluding hydrogens is 260 g/mol. The highest BCUT2D eigenvalue weighted by molar-refractivity contribution is 8.13. The molecule has 0 radical (unpaired) electrons. The molecule has 1 aromatic carbocycles. The molecule has 0 aromatic heterocycles. The first kappa shape index (κ1) is 15.3. The molecular formula is C15H16O3S. The first-order valence-corrected chi connectivity index (χ1v) is 6.99. The minimum Gasteiger partial charge on any atom is -0.481 e. The molecule has 0 aliphatic rings. The molecule has 100 valence electrons. The lowest BCUT2D eigenvalue weighted by molar-refractivity contribution is -0.137. The number of thioether (sulfide) groups is 1. The van der Waals surface area contributed by atoms with Crippen LogP contribution in [0.3, 0.4) is 0 Å². The van der Waals surface area contributed by atoms with Crippen molar-refractivity contribution in [2.24, 2.45) is 0 Å². The standard InChI is InChI=1S/C15H16O3S/c1-12(16)19-10-3-2-5-13-6-4-7-14(11-13)8-9-15(17)18/h4,6-7,11H,3,8-10H2,1H3,(H,17,18). The number of aryl methyl sites for hydroxylation is 1. The summed E-state index contributed by atoms with van der Waals surface area (Å²) in [4.78, 5) is 21.2. The molecule has 0 unspecified atom stereocenters. The largest absolute Gasteiger partial charge is 0.481 e. The Morgan fingerprint density at radius 3 is 2.84 bits per heavy atom. The van der Waals surface area contributed by atoms with Crippen LogP contribution in [0.4, 0.5) is 0 Å². The molecule has 0 bridgehead atoms. The zero-order valence-corrected chi connectivity index (χ0v) is 11.6. The Kier molecular flexibility index (Phi) is 6.76. The van der Waals surface area contributed by atoms with Crippen LogP contribution in [0.5, 0.6) is 0 Å². The topological polar surface area (TPSA) is 54.4 Å². The van der Waals surface area contributed by atoms with E-state index in [9.17, 15) is 9.59 Å². The quantitative estimate of drug-likeness (QED) is 0.663. The Morgan fingerprint density at radius 1 is 1.37 bits per heavy atom. The van der Waals surface area contributed by atoms with Gasteiger partial charge in [-0.25, -0.2) is 0 Å². The van der Waals surface area contributed by atoms with E-state index in [1.165, 1.54) is 11.8 Å². The number of carboxylic acid groups (broad SMARTS) is 1. The monoisotopic (exact) mass is 276 g/mol. The Bertz CT molecular complexity index is 512. The molecule has 0 spiro atoms. The van der Waals surface area contributed by atoms with Gasteiger partial charge in [-0.1, -0.05) is 35.7 Å². The molecule has 0 atom stereocenters. The van der Waals surface area contributed by atoms with Gasteiger partial charge in [0.2, 0.25) is 0 Å². The van der Waals surface area contributed by atoms with Crippen molar-refractivity contribution >= 4 is 22.8 Å². The number of benzene rings is 1. The van der Waals surface area contributed by atoms with Crippen molar-refractivity contribution < 1.29 is 14.7 Å². The second-order valence-corrected chi connectivity index (χ2v) is 5.26. The van der Waals surface area contributed by atoms with Crippen LogP contribution in [0.2, 0.25) is 0 Å². The maximum absolute atomic E-state index is 10.7. The maximum atomic E-state index is 10.7. The summed E-state index contributed by atoms with van der Waals surface area (Å²) in [6.45, 7) is 1.55. The third kappa shape index (κ3) is 7.32. The lowest BCUT2D eigenvalue weighted by atomic mass is 10.1. The van der Waals surface area contributed by atoms with Gasteiger partial charge in [0, 0.05) is 31.1 Å². The minimum atomic E-state index is -0.794. The van der Waals surface area contributed by atoms with Gasteiger partial charge in [-0.15, -0.1) is 0 Å². The van der Waals surface area contributed by atoms with Crippen LogP contribution in [-0.2, 0) is 16.0 Å². The zero-order valence-electron chi connectivity index (χ0n) is 10.8. The lowest BCUT2D eigenvalue weighted by Crippen LogP contribution is -1.97. The van der Waals surface area contributed by atoms with E-state index in [1.54, 1.807) is 6.92 Å². The van der Waals surface area contributed by atoms with Gasteiger partial charge in [0.1, 0.15) is 0 Å². The van der Waals surface area contributed by atoms with Gasteiger partial charge in [0.05, 0.1) is 0 Å². The third-order valence-electron chi connectivity index (χ3n) is 2.32. The predicted molar refractivity (Wildman–Crippen MR) is 77.0 cm³/mol. The summed E-state index contributed by atoms with van der Waals surface area (Å²) < 4.78 is 0. The molecule has 0 aliphatic heterocycles. The van der Waals surface area contributed by atoms with Crippen molar-refractivity contribution in [1.82, 2.24) is 0 Å². The van der Waals surface area contributed by atoms with E-state index in [0.717, 1.165) is 11.1 Å².